The summed E-state index contributed by atoms with van der Waals surface area (Å²) in [6.45, 7) is 13.4. The third-order valence-electron chi connectivity index (χ3n) is 5.78. The van der Waals surface area contributed by atoms with Crippen LogP contribution in [0, 0.1) is 0 Å². The summed E-state index contributed by atoms with van der Waals surface area (Å²) in [5.41, 5.74) is 4.40. The highest BCUT2D eigenvalue weighted by atomic mass is 32.2. The predicted molar refractivity (Wildman–Crippen MR) is 139 cm³/mol. The molecule has 5 heteroatoms. The summed E-state index contributed by atoms with van der Waals surface area (Å²) in [4.78, 5) is 14.7. The van der Waals surface area contributed by atoms with Crippen LogP contribution in [0.2, 0.25) is 0 Å². The van der Waals surface area contributed by atoms with E-state index in [1.54, 1.807) is 11.9 Å². The van der Waals surface area contributed by atoms with E-state index in [0.717, 1.165) is 54.6 Å². The third-order valence-corrected chi connectivity index (χ3v) is 6.58. The molecule has 2 heterocycles. The fourth-order valence-corrected chi connectivity index (χ4v) is 4.70. The van der Waals surface area contributed by atoms with Gasteiger partial charge in [-0.3, -0.25) is 9.52 Å². The Hall–Kier alpha value is -2.24. The van der Waals surface area contributed by atoms with Crippen molar-refractivity contribution in [1.82, 2.24) is 14.2 Å². The number of likely N-dealkylation sites (tertiary alicyclic amines) is 1. The lowest BCUT2D eigenvalue weighted by atomic mass is 10.0. The van der Waals surface area contributed by atoms with Gasteiger partial charge < -0.3 is 9.47 Å². The molecule has 0 radical (unpaired) electrons. The second-order valence-electron chi connectivity index (χ2n) is 8.47. The summed E-state index contributed by atoms with van der Waals surface area (Å²) in [5, 5.41) is 1.69. The molecule has 32 heavy (non-hydrogen) atoms. The zero-order chi connectivity index (χ0) is 23.1. The molecular formula is C27H37N3OS. The van der Waals surface area contributed by atoms with Crippen LogP contribution in [0.4, 0.5) is 0 Å². The molecule has 4 rings (SSSR count). The van der Waals surface area contributed by atoms with Gasteiger partial charge >= 0.3 is 0 Å². The van der Waals surface area contributed by atoms with Crippen molar-refractivity contribution in [3.63, 3.8) is 0 Å². The molecule has 1 aromatic heterocycles. The van der Waals surface area contributed by atoms with E-state index in [2.05, 4.69) is 72.7 Å². The average Bonchev–Trinajstić information content (AvgIpc) is 3.49. The quantitative estimate of drug-likeness (QED) is 0.409. The van der Waals surface area contributed by atoms with Crippen molar-refractivity contribution in [3.8, 4) is 5.69 Å². The van der Waals surface area contributed by atoms with E-state index in [1.807, 2.05) is 30.9 Å². The Balaban J connectivity index is 0.00000141. The minimum atomic E-state index is 0.157. The van der Waals surface area contributed by atoms with Crippen molar-refractivity contribution in [2.24, 2.45) is 0 Å². The molecular weight excluding hydrogens is 414 g/mol. The Morgan fingerprint density at radius 2 is 1.69 bits per heavy atom. The van der Waals surface area contributed by atoms with Gasteiger partial charge in [-0.1, -0.05) is 58.7 Å². The molecule has 1 N–H and O–H groups in total. The fraction of sp³-hybridized carbons (Fsp3) is 0.444. The monoisotopic (exact) mass is 451 g/mol. The summed E-state index contributed by atoms with van der Waals surface area (Å²) in [6, 6.07) is 17.0. The summed E-state index contributed by atoms with van der Waals surface area (Å²) in [7, 11) is 0. The molecule has 0 spiro atoms. The second-order valence-corrected chi connectivity index (χ2v) is 9.93. The normalized spacial score (nSPS) is 14.5. The van der Waals surface area contributed by atoms with Crippen molar-refractivity contribution >= 4 is 28.8 Å². The van der Waals surface area contributed by atoms with Crippen molar-refractivity contribution in [1.29, 1.82) is 0 Å². The van der Waals surface area contributed by atoms with Crippen LogP contribution in [0.1, 0.15) is 69.3 Å². The van der Waals surface area contributed by atoms with Crippen molar-refractivity contribution in [2.75, 3.05) is 19.6 Å². The number of carbonyl (C=O) groups excluding carboxylic acids is 1. The van der Waals surface area contributed by atoms with Crippen LogP contribution in [0.5, 0.6) is 0 Å². The Bertz CT molecular complexity index is 1000. The standard InChI is InChI=1S/C25H31N3OS.C2H6/c1-18(2)30-26-17-19(3)20-6-9-23(10-7-20)28-15-12-21-16-22(8-11-24(21)28)25(29)27-13-4-5-14-27;1-2/h6-12,15-16,18-19,26H,4-5,13-14,17H2,1-3H3;1-2H3. The minimum absolute atomic E-state index is 0.157. The average molecular weight is 452 g/mol. The van der Waals surface area contributed by atoms with E-state index in [4.69, 9.17) is 0 Å². The summed E-state index contributed by atoms with van der Waals surface area (Å²) in [6.07, 6.45) is 4.32. The maximum atomic E-state index is 12.7. The Morgan fingerprint density at radius 1 is 1.00 bits per heavy atom. The van der Waals surface area contributed by atoms with Crippen LogP contribution in [0.25, 0.3) is 16.6 Å². The van der Waals surface area contributed by atoms with Crippen LogP contribution in [0.15, 0.2) is 54.7 Å². The minimum Gasteiger partial charge on any atom is -0.339 e. The van der Waals surface area contributed by atoms with Crippen LogP contribution < -0.4 is 4.72 Å². The van der Waals surface area contributed by atoms with E-state index in [9.17, 15) is 4.79 Å². The maximum absolute atomic E-state index is 12.7. The summed E-state index contributed by atoms with van der Waals surface area (Å²) < 4.78 is 5.66. The first-order valence-corrected chi connectivity index (χ1v) is 12.8. The Kier molecular flexibility index (Phi) is 8.83. The summed E-state index contributed by atoms with van der Waals surface area (Å²) in [5.74, 6) is 0.621. The van der Waals surface area contributed by atoms with Gasteiger partial charge in [-0.25, -0.2) is 0 Å². The lowest BCUT2D eigenvalue weighted by Crippen LogP contribution is -2.27. The highest BCUT2D eigenvalue weighted by molar-refractivity contribution is 7.97. The summed E-state index contributed by atoms with van der Waals surface area (Å²) >= 11 is 1.79. The molecule has 3 aromatic rings. The third kappa shape index (κ3) is 5.76. The predicted octanol–water partition coefficient (Wildman–Crippen LogP) is 6.64. The van der Waals surface area contributed by atoms with Gasteiger partial charge in [0.05, 0.1) is 5.52 Å². The number of hydrogen-bond donors (Lipinski definition) is 1. The fourth-order valence-electron chi connectivity index (χ4n) is 4.02. The van der Waals surface area contributed by atoms with Crippen LogP contribution in [-0.4, -0.2) is 40.3 Å². The molecule has 1 amide bonds. The highest BCUT2D eigenvalue weighted by Crippen LogP contribution is 2.25. The molecule has 0 saturated carbocycles. The van der Waals surface area contributed by atoms with E-state index in [1.165, 1.54) is 5.56 Å². The number of rotatable bonds is 7. The maximum Gasteiger partial charge on any atom is 0.253 e. The molecule has 0 bridgehead atoms. The van der Waals surface area contributed by atoms with Gasteiger partial charge in [-0.05, 0) is 60.7 Å². The number of nitrogens with zero attached hydrogens (tertiary/aromatic N) is 2. The first-order valence-electron chi connectivity index (χ1n) is 11.9. The number of nitrogens with one attached hydrogen (secondary N) is 1. The smallest absolute Gasteiger partial charge is 0.253 e. The van der Waals surface area contributed by atoms with Gasteiger partial charge in [0.15, 0.2) is 0 Å². The highest BCUT2D eigenvalue weighted by Gasteiger charge is 2.20. The van der Waals surface area contributed by atoms with E-state index in [-0.39, 0.29) is 5.91 Å². The van der Waals surface area contributed by atoms with Gasteiger partial charge in [0.25, 0.3) is 5.91 Å². The zero-order valence-electron chi connectivity index (χ0n) is 20.1. The van der Waals surface area contributed by atoms with Crippen molar-refractivity contribution < 1.29 is 4.79 Å². The van der Waals surface area contributed by atoms with Gasteiger partial charge in [0.1, 0.15) is 0 Å². The van der Waals surface area contributed by atoms with Crippen LogP contribution >= 0.6 is 11.9 Å². The molecule has 1 unspecified atom stereocenters. The zero-order valence-corrected chi connectivity index (χ0v) is 20.9. The first kappa shape index (κ1) is 24.4. The molecule has 1 fully saturated rings. The van der Waals surface area contributed by atoms with Crippen LogP contribution in [0.3, 0.4) is 0 Å². The van der Waals surface area contributed by atoms with E-state index in [0.29, 0.717) is 11.2 Å². The molecule has 4 nitrogen and oxygen atoms in total. The van der Waals surface area contributed by atoms with Gasteiger partial charge in [0.2, 0.25) is 0 Å². The lowest BCUT2D eigenvalue weighted by Gasteiger charge is -2.16. The van der Waals surface area contributed by atoms with E-state index >= 15 is 0 Å². The number of benzene rings is 2. The SMILES string of the molecule is CC.CC(C)SNCC(C)c1ccc(-n2ccc3cc(C(=O)N4CCCC4)ccc32)cc1. The number of aromatic nitrogens is 1. The number of carbonyl (C=O) groups is 1. The van der Waals surface area contributed by atoms with E-state index < -0.39 is 0 Å². The Labute approximate surface area is 197 Å². The molecule has 2 aromatic carbocycles. The number of hydrogen-bond acceptors (Lipinski definition) is 3. The largest absolute Gasteiger partial charge is 0.339 e. The molecule has 172 valence electrons. The van der Waals surface area contributed by atoms with Gasteiger partial charge in [0, 0.05) is 47.7 Å². The van der Waals surface area contributed by atoms with Crippen molar-refractivity contribution in [3.05, 3.63) is 65.9 Å². The topological polar surface area (TPSA) is 37.3 Å². The molecule has 1 atom stereocenters. The van der Waals surface area contributed by atoms with Gasteiger partial charge in [-0.15, -0.1) is 0 Å². The van der Waals surface area contributed by atoms with Crippen molar-refractivity contribution in [2.45, 2.75) is 58.6 Å². The Morgan fingerprint density at radius 3 is 2.34 bits per heavy atom. The van der Waals surface area contributed by atoms with Crippen LogP contribution in [-0.2, 0) is 0 Å². The number of fused-ring (bicyclic) bond motifs is 1. The number of amides is 1. The molecule has 0 aliphatic carbocycles. The lowest BCUT2D eigenvalue weighted by molar-refractivity contribution is 0.0793. The molecule has 1 saturated heterocycles. The van der Waals surface area contributed by atoms with Gasteiger partial charge in [-0.2, -0.15) is 0 Å². The molecule has 1 aliphatic heterocycles. The first-order chi connectivity index (χ1) is 15.5. The molecule has 1 aliphatic rings. The second kappa shape index (κ2) is 11.6.